The number of ether oxygens (including phenoxy) is 1. The molecule has 0 bridgehead atoms. The molecule has 0 spiro atoms. The van der Waals surface area contributed by atoms with Gasteiger partial charge in [-0.1, -0.05) is 72.8 Å². The Balaban J connectivity index is 1.53. The lowest BCUT2D eigenvalue weighted by atomic mass is 10.1. The Labute approximate surface area is 148 Å². The van der Waals surface area contributed by atoms with Crippen molar-refractivity contribution in [2.45, 2.75) is 6.54 Å². The van der Waals surface area contributed by atoms with Gasteiger partial charge in [-0.25, -0.2) is 0 Å². The van der Waals surface area contributed by atoms with Crippen molar-refractivity contribution in [1.82, 2.24) is 4.90 Å². The molecule has 0 unspecified atom stereocenters. The number of nitrogens with zero attached hydrogens (tertiary/aromatic N) is 1. The van der Waals surface area contributed by atoms with Crippen molar-refractivity contribution >= 4 is 5.91 Å². The zero-order chi connectivity index (χ0) is 17.5. The zero-order valence-electron chi connectivity index (χ0n) is 14.3. The summed E-state index contributed by atoms with van der Waals surface area (Å²) < 4.78 is 5.63. The summed E-state index contributed by atoms with van der Waals surface area (Å²) in [6.07, 6.45) is 0. The molecule has 0 saturated carbocycles. The maximum atomic E-state index is 12.2. The Kier molecular flexibility index (Phi) is 5.47. The van der Waals surface area contributed by atoms with Crippen LogP contribution in [0.5, 0.6) is 5.75 Å². The lowest BCUT2D eigenvalue weighted by molar-refractivity contribution is -0.132. The molecular formula is C22H21NO2. The predicted molar refractivity (Wildman–Crippen MR) is 100 cm³/mol. The van der Waals surface area contributed by atoms with Gasteiger partial charge < -0.3 is 9.64 Å². The molecule has 0 atom stereocenters. The van der Waals surface area contributed by atoms with Crippen LogP contribution in [0.15, 0.2) is 84.9 Å². The van der Waals surface area contributed by atoms with Gasteiger partial charge in [0.25, 0.3) is 5.91 Å². The van der Waals surface area contributed by atoms with E-state index >= 15 is 0 Å². The molecule has 25 heavy (non-hydrogen) atoms. The molecule has 3 heteroatoms. The van der Waals surface area contributed by atoms with Crippen LogP contribution in [-0.4, -0.2) is 24.5 Å². The molecule has 0 saturated heterocycles. The van der Waals surface area contributed by atoms with E-state index in [1.54, 1.807) is 11.9 Å². The minimum absolute atomic E-state index is 0.0357. The van der Waals surface area contributed by atoms with Gasteiger partial charge in [0, 0.05) is 13.6 Å². The number of carbonyl (C=O) groups is 1. The number of rotatable bonds is 6. The van der Waals surface area contributed by atoms with E-state index in [4.69, 9.17) is 4.74 Å². The van der Waals surface area contributed by atoms with Crippen LogP contribution in [0.4, 0.5) is 0 Å². The van der Waals surface area contributed by atoms with Crippen LogP contribution >= 0.6 is 0 Å². The summed E-state index contributed by atoms with van der Waals surface area (Å²) in [5.41, 5.74) is 3.39. The van der Waals surface area contributed by atoms with E-state index in [2.05, 4.69) is 12.1 Å². The van der Waals surface area contributed by atoms with Crippen molar-refractivity contribution in [2.75, 3.05) is 13.7 Å². The molecule has 3 aromatic rings. The monoisotopic (exact) mass is 331 g/mol. The van der Waals surface area contributed by atoms with Gasteiger partial charge in [0.2, 0.25) is 0 Å². The van der Waals surface area contributed by atoms with Crippen LogP contribution in [0.2, 0.25) is 0 Å². The van der Waals surface area contributed by atoms with E-state index in [0.717, 1.165) is 16.7 Å². The third kappa shape index (κ3) is 4.70. The van der Waals surface area contributed by atoms with E-state index in [1.807, 2.05) is 72.8 Å². The second-order valence-electron chi connectivity index (χ2n) is 5.91. The summed E-state index contributed by atoms with van der Waals surface area (Å²) in [6, 6.07) is 27.9. The molecule has 126 valence electrons. The number of hydrogen-bond acceptors (Lipinski definition) is 2. The Morgan fingerprint density at radius 2 is 1.36 bits per heavy atom. The van der Waals surface area contributed by atoms with E-state index in [1.165, 1.54) is 0 Å². The van der Waals surface area contributed by atoms with Crippen LogP contribution in [-0.2, 0) is 11.3 Å². The molecule has 0 aliphatic carbocycles. The van der Waals surface area contributed by atoms with Crippen LogP contribution in [0, 0.1) is 0 Å². The summed E-state index contributed by atoms with van der Waals surface area (Å²) in [4.78, 5) is 13.9. The Bertz CT molecular complexity index is 798. The van der Waals surface area contributed by atoms with Gasteiger partial charge in [-0.2, -0.15) is 0 Å². The van der Waals surface area contributed by atoms with E-state index in [-0.39, 0.29) is 12.5 Å². The van der Waals surface area contributed by atoms with Crippen LogP contribution in [0.25, 0.3) is 11.1 Å². The van der Waals surface area contributed by atoms with Gasteiger partial charge in [0.15, 0.2) is 6.61 Å². The van der Waals surface area contributed by atoms with Gasteiger partial charge in [-0.15, -0.1) is 0 Å². The Hall–Kier alpha value is -3.07. The Morgan fingerprint density at radius 1 is 0.800 bits per heavy atom. The second kappa shape index (κ2) is 8.15. The molecule has 3 rings (SSSR count). The van der Waals surface area contributed by atoms with Gasteiger partial charge in [0.05, 0.1) is 0 Å². The van der Waals surface area contributed by atoms with Crippen LogP contribution in [0.1, 0.15) is 5.56 Å². The highest BCUT2D eigenvalue weighted by Crippen LogP contribution is 2.22. The molecule has 0 N–H and O–H groups in total. The van der Waals surface area contributed by atoms with Gasteiger partial charge >= 0.3 is 0 Å². The lowest BCUT2D eigenvalue weighted by Gasteiger charge is -2.17. The maximum absolute atomic E-state index is 12.2. The standard InChI is InChI=1S/C22H21NO2/c1-23(16-18-8-4-2-5-9-18)22(24)17-25-21-14-12-20(13-15-21)19-10-6-3-7-11-19/h2-15H,16-17H2,1H3. The fourth-order valence-electron chi connectivity index (χ4n) is 2.57. The first kappa shape index (κ1) is 16.8. The smallest absolute Gasteiger partial charge is 0.260 e. The molecule has 0 heterocycles. The molecule has 3 aromatic carbocycles. The predicted octanol–water partition coefficient (Wildman–Crippen LogP) is 4.39. The minimum Gasteiger partial charge on any atom is -0.484 e. The quantitative estimate of drug-likeness (QED) is 0.670. The fraction of sp³-hybridized carbons (Fsp3) is 0.136. The molecular weight excluding hydrogens is 310 g/mol. The zero-order valence-corrected chi connectivity index (χ0v) is 14.3. The first-order valence-electron chi connectivity index (χ1n) is 8.28. The normalized spacial score (nSPS) is 10.3. The highest BCUT2D eigenvalue weighted by Gasteiger charge is 2.10. The number of hydrogen-bond donors (Lipinski definition) is 0. The lowest BCUT2D eigenvalue weighted by Crippen LogP contribution is -2.30. The molecule has 0 aliphatic rings. The summed E-state index contributed by atoms with van der Waals surface area (Å²) in [6.45, 7) is 0.615. The summed E-state index contributed by atoms with van der Waals surface area (Å²) >= 11 is 0. The minimum atomic E-state index is -0.0454. The fourth-order valence-corrected chi connectivity index (χ4v) is 2.57. The van der Waals surface area contributed by atoms with Crippen molar-refractivity contribution in [3.05, 3.63) is 90.5 Å². The SMILES string of the molecule is CN(Cc1ccccc1)C(=O)COc1ccc(-c2ccccc2)cc1. The van der Waals surface area contributed by atoms with Crippen molar-refractivity contribution in [3.63, 3.8) is 0 Å². The average Bonchev–Trinajstić information content (AvgIpc) is 2.68. The first-order valence-corrected chi connectivity index (χ1v) is 8.28. The number of carbonyl (C=O) groups excluding carboxylic acids is 1. The third-order valence-corrected chi connectivity index (χ3v) is 4.01. The number of benzene rings is 3. The van der Waals surface area contributed by atoms with Crippen LogP contribution in [0.3, 0.4) is 0 Å². The molecule has 0 aliphatic heterocycles. The van der Waals surface area contributed by atoms with E-state index in [9.17, 15) is 4.79 Å². The Morgan fingerprint density at radius 3 is 2.00 bits per heavy atom. The highest BCUT2D eigenvalue weighted by molar-refractivity contribution is 5.77. The third-order valence-electron chi connectivity index (χ3n) is 4.01. The summed E-state index contributed by atoms with van der Waals surface area (Å²) in [5, 5.41) is 0. The summed E-state index contributed by atoms with van der Waals surface area (Å²) in [5.74, 6) is 0.650. The maximum Gasteiger partial charge on any atom is 0.260 e. The van der Waals surface area contributed by atoms with E-state index in [0.29, 0.717) is 12.3 Å². The molecule has 1 amide bonds. The second-order valence-corrected chi connectivity index (χ2v) is 5.91. The number of likely N-dealkylation sites (N-methyl/N-ethyl adjacent to an activating group) is 1. The topological polar surface area (TPSA) is 29.5 Å². The van der Waals surface area contributed by atoms with Crippen molar-refractivity contribution in [3.8, 4) is 16.9 Å². The molecule has 0 radical (unpaired) electrons. The van der Waals surface area contributed by atoms with Gasteiger partial charge in [-0.3, -0.25) is 4.79 Å². The first-order chi connectivity index (χ1) is 12.2. The molecule has 0 aromatic heterocycles. The van der Waals surface area contributed by atoms with Crippen molar-refractivity contribution in [1.29, 1.82) is 0 Å². The van der Waals surface area contributed by atoms with E-state index < -0.39 is 0 Å². The van der Waals surface area contributed by atoms with Crippen molar-refractivity contribution < 1.29 is 9.53 Å². The van der Waals surface area contributed by atoms with Crippen LogP contribution < -0.4 is 4.74 Å². The average molecular weight is 331 g/mol. The summed E-state index contributed by atoms with van der Waals surface area (Å²) in [7, 11) is 1.79. The van der Waals surface area contributed by atoms with Gasteiger partial charge in [0.1, 0.15) is 5.75 Å². The highest BCUT2D eigenvalue weighted by atomic mass is 16.5. The number of amides is 1. The molecule has 0 fully saturated rings. The largest absolute Gasteiger partial charge is 0.484 e. The van der Waals surface area contributed by atoms with Gasteiger partial charge in [-0.05, 0) is 28.8 Å². The molecule has 3 nitrogen and oxygen atoms in total. The van der Waals surface area contributed by atoms with Crippen molar-refractivity contribution in [2.24, 2.45) is 0 Å².